The molecule has 1 fully saturated rings. The van der Waals surface area contributed by atoms with Gasteiger partial charge in [-0.25, -0.2) is 27.3 Å². The number of amides is 1. The van der Waals surface area contributed by atoms with Crippen LogP contribution in [-0.4, -0.2) is 42.3 Å². The molecule has 9 nitrogen and oxygen atoms in total. The Bertz CT molecular complexity index is 1260. The van der Waals surface area contributed by atoms with Crippen LogP contribution >= 0.6 is 0 Å². The number of hydrogen-bond donors (Lipinski definition) is 2. The predicted octanol–water partition coefficient (Wildman–Crippen LogP) is 2.70. The van der Waals surface area contributed by atoms with E-state index >= 15 is 0 Å². The van der Waals surface area contributed by atoms with E-state index in [0.717, 1.165) is 18.9 Å². The summed E-state index contributed by atoms with van der Waals surface area (Å²) in [5, 5.41) is 11.7. The number of sulfonamides is 1. The molecular weight excluding hydrogens is 444 g/mol. The zero-order chi connectivity index (χ0) is 22.9. The number of pyridine rings is 1. The lowest BCUT2D eigenvalue weighted by Crippen LogP contribution is -2.25. The predicted molar refractivity (Wildman–Crippen MR) is 112 cm³/mol. The maximum Gasteiger partial charge on any atom is 0.274 e. The Hall–Kier alpha value is -2.96. The summed E-state index contributed by atoms with van der Waals surface area (Å²) in [7, 11) is -4.09. The van der Waals surface area contributed by atoms with Crippen molar-refractivity contribution in [2.45, 2.75) is 30.8 Å². The second-order valence-corrected chi connectivity index (χ2v) is 9.02. The molecule has 12 heteroatoms. The fraction of sp³-hybridized carbons (Fsp3) is 0.350. The van der Waals surface area contributed by atoms with Crippen LogP contribution in [0.1, 0.15) is 35.3 Å². The number of carbonyl (C=O) groups excluding carboxylic acids is 1. The Morgan fingerprint density at radius 1 is 1.28 bits per heavy atom. The molecule has 4 rings (SSSR count). The third-order valence-corrected chi connectivity index (χ3v) is 6.11. The van der Waals surface area contributed by atoms with Crippen LogP contribution in [0.2, 0.25) is 0 Å². The number of anilines is 1. The molecule has 0 saturated carbocycles. The van der Waals surface area contributed by atoms with Crippen LogP contribution in [0.4, 0.5) is 14.5 Å². The number of fused-ring (bicyclic) bond motifs is 1. The fourth-order valence-corrected chi connectivity index (χ4v) is 4.26. The number of hydrogen-bond acceptors (Lipinski definition) is 6. The number of rotatable bonds is 6. The van der Waals surface area contributed by atoms with Gasteiger partial charge in [0, 0.05) is 48.7 Å². The van der Waals surface area contributed by atoms with Gasteiger partial charge in [0.1, 0.15) is 5.69 Å². The molecule has 0 unspecified atom stereocenters. The Labute approximate surface area is 182 Å². The third kappa shape index (κ3) is 4.61. The standard InChI is InChI=1S/C20H21F2N5O4S/c21-19(22)14-2-1-3-15-17(14)18(27(26-15)11-12-5-8-31-9-6-12)20(28)25-13-4-7-24-16(10-13)32(23,29)30/h1-4,7,10,12,19H,5-6,8-9,11H2,(H2,23,29,30)(H,24,25,28). The number of halogens is 2. The van der Waals surface area contributed by atoms with Crippen molar-refractivity contribution < 1.29 is 26.7 Å². The highest BCUT2D eigenvalue weighted by Crippen LogP contribution is 2.32. The van der Waals surface area contributed by atoms with Crippen molar-refractivity contribution in [2.24, 2.45) is 11.1 Å². The summed E-state index contributed by atoms with van der Waals surface area (Å²) >= 11 is 0. The van der Waals surface area contributed by atoms with Crippen molar-refractivity contribution >= 4 is 32.5 Å². The molecule has 32 heavy (non-hydrogen) atoms. The highest BCUT2D eigenvalue weighted by atomic mass is 32.2. The summed E-state index contributed by atoms with van der Waals surface area (Å²) < 4.78 is 57.4. The van der Waals surface area contributed by atoms with Crippen molar-refractivity contribution in [3.05, 3.63) is 47.8 Å². The normalized spacial score (nSPS) is 15.4. The number of nitrogens with zero attached hydrogens (tertiary/aromatic N) is 3. The van der Waals surface area contributed by atoms with Gasteiger partial charge in [0.05, 0.1) is 5.52 Å². The smallest absolute Gasteiger partial charge is 0.274 e. The van der Waals surface area contributed by atoms with E-state index in [9.17, 15) is 22.0 Å². The van der Waals surface area contributed by atoms with Crippen LogP contribution in [-0.2, 0) is 21.3 Å². The SMILES string of the molecule is NS(=O)(=O)c1cc(NC(=O)c2c3c(C(F)F)cccc3nn2CC2CCOCC2)ccn1. The van der Waals surface area contributed by atoms with E-state index in [1.165, 1.54) is 29.1 Å². The first-order chi connectivity index (χ1) is 15.2. The van der Waals surface area contributed by atoms with Crippen LogP contribution in [0.25, 0.3) is 10.9 Å². The third-order valence-electron chi connectivity index (χ3n) is 5.30. The Morgan fingerprint density at radius 2 is 2.03 bits per heavy atom. The van der Waals surface area contributed by atoms with Crippen LogP contribution in [0.15, 0.2) is 41.6 Å². The van der Waals surface area contributed by atoms with Crippen molar-refractivity contribution in [1.82, 2.24) is 14.8 Å². The molecule has 3 heterocycles. The highest BCUT2D eigenvalue weighted by Gasteiger charge is 2.26. The summed E-state index contributed by atoms with van der Waals surface area (Å²) in [5.74, 6) is -0.520. The maximum atomic E-state index is 13.7. The largest absolute Gasteiger partial charge is 0.381 e. The molecule has 0 radical (unpaired) electrons. The summed E-state index contributed by atoms with van der Waals surface area (Å²) in [6.45, 7) is 1.54. The van der Waals surface area contributed by atoms with Crippen LogP contribution < -0.4 is 10.5 Å². The Morgan fingerprint density at radius 3 is 2.72 bits per heavy atom. The quantitative estimate of drug-likeness (QED) is 0.576. The molecule has 1 aromatic carbocycles. The average molecular weight is 465 g/mol. The molecule has 0 bridgehead atoms. The lowest BCUT2D eigenvalue weighted by Gasteiger charge is -2.22. The van der Waals surface area contributed by atoms with Gasteiger partial charge < -0.3 is 10.1 Å². The molecule has 1 amide bonds. The van der Waals surface area contributed by atoms with Crippen LogP contribution in [0.5, 0.6) is 0 Å². The first kappa shape index (κ1) is 22.2. The summed E-state index contributed by atoms with van der Waals surface area (Å²) in [5.41, 5.74) is 0.0673. The minimum absolute atomic E-state index is 0.0173. The van der Waals surface area contributed by atoms with E-state index in [-0.39, 0.29) is 33.8 Å². The van der Waals surface area contributed by atoms with Crippen molar-refractivity contribution in [3.63, 3.8) is 0 Å². The first-order valence-corrected chi connectivity index (χ1v) is 11.4. The van der Waals surface area contributed by atoms with Crippen molar-refractivity contribution in [3.8, 4) is 0 Å². The molecule has 1 aliphatic rings. The van der Waals surface area contributed by atoms with E-state index in [2.05, 4.69) is 15.4 Å². The van der Waals surface area contributed by atoms with Crippen LogP contribution in [0.3, 0.4) is 0 Å². The topological polar surface area (TPSA) is 129 Å². The van der Waals surface area contributed by atoms with Gasteiger partial charge >= 0.3 is 0 Å². The summed E-state index contributed by atoms with van der Waals surface area (Å²) in [6.07, 6.45) is -0.0969. The highest BCUT2D eigenvalue weighted by molar-refractivity contribution is 7.89. The summed E-state index contributed by atoms with van der Waals surface area (Å²) in [6, 6.07) is 6.78. The maximum absolute atomic E-state index is 13.7. The second-order valence-electron chi connectivity index (χ2n) is 7.51. The molecule has 3 aromatic rings. The van der Waals surface area contributed by atoms with E-state index < -0.39 is 27.4 Å². The molecule has 1 saturated heterocycles. The molecule has 0 atom stereocenters. The lowest BCUT2D eigenvalue weighted by molar-refractivity contribution is 0.0598. The zero-order valence-electron chi connectivity index (χ0n) is 16.9. The minimum atomic E-state index is -4.09. The molecule has 1 aliphatic heterocycles. The summed E-state index contributed by atoms with van der Waals surface area (Å²) in [4.78, 5) is 16.9. The van der Waals surface area contributed by atoms with E-state index in [1.54, 1.807) is 6.07 Å². The van der Waals surface area contributed by atoms with Crippen LogP contribution in [0, 0.1) is 5.92 Å². The van der Waals surface area contributed by atoms with Crippen molar-refractivity contribution in [2.75, 3.05) is 18.5 Å². The van der Waals surface area contributed by atoms with Gasteiger partial charge in [0.2, 0.25) is 0 Å². The van der Waals surface area contributed by atoms with E-state index in [0.29, 0.717) is 19.8 Å². The fourth-order valence-electron chi connectivity index (χ4n) is 3.76. The Kier molecular flexibility index (Phi) is 6.17. The molecule has 2 aromatic heterocycles. The Balaban J connectivity index is 1.76. The molecule has 3 N–H and O–H groups in total. The number of carbonyl (C=O) groups is 1. The number of alkyl halides is 2. The molecule has 0 aliphatic carbocycles. The first-order valence-electron chi connectivity index (χ1n) is 9.89. The number of ether oxygens (including phenoxy) is 1. The number of nitrogens with two attached hydrogens (primary N) is 1. The number of primary sulfonamides is 1. The van der Waals surface area contributed by atoms with Gasteiger partial charge in [-0.3, -0.25) is 9.48 Å². The number of nitrogens with one attached hydrogen (secondary N) is 1. The van der Waals surface area contributed by atoms with Gasteiger partial charge in [-0.05, 0) is 30.9 Å². The van der Waals surface area contributed by atoms with Gasteiger partial charge in [0.25, 0.3) is 22.4 Å². The van der Waals surface area contributed by atoms with Gasteiger partial charge in [0.15, 0.2) is 5.03 Å². The monoisotopic (exact) mass is 465 g/mol. The van der Waals surface area contributed by atoms with E-state index in [1.807, 2.05) is 0 Å². The minimum Gasteiger partial charge on any atom is -0.381 e. The van der Waals surface area contributed by atoms with Crippen molar-refractivity contribution in [1.29, 1.82) is 0 Å². The van der Waals surface area contributed by atoms with Gasteiger partial charge in [-0.15, -0.1) is 0 Å². The van der Waals surface area contributed by atoms with Gasteiger partial charge in [-0.1, -0.05) is 12.1 Å². The zero-order valence-corrected chi connectivity index (χ0v) is 17.7. The van der Waals surface area contributed by atoms with Gasteiger partial charge in [-0.2, -0.15) is 5.10 Å². The number of aromatic nitrogens is 3. The average Bonchev–Trinajstić information content (AvgIpc) is 3.11. The molecular formula is C20H21F2N5O4S. The van der Waals surface area contributed by atoms with E-state index in [4.69, 9.17) is 9.88 Å². The second kappa shape index (κ2) is 8.88. The number of benzene rings is 1. The molecule has 170 valence electrons. The molecule has 0 spiro atoms. The lowest BCUT2D eigenvalue weighted by atomic mass is 10.0.